The molecule has 7 nitrogen and oxygen atoms in total. The molecule has 2 amide bonds. The Labute approximate surface area is 252 Å². The van der Waals surface area contributed by atoms with Crippen LogP contribution >= 0.6 is 0 Å². The molecule has 1 heterocycles. The van der Waals surface area contributed by atoms with Crippen LogP contribution in [-0.2, 0) is 11.2 Å². The molecular weight excluding hydrogens is 607 g/mol. The zero-order chi connectivity index (χ0) is 32.7. The van der Waals surface area contributed by atoms with Crippen molar-refractivity contribution in [1.29, 1.82) is 0 Å². The second-order valence-corrected chi connectivity index (χ2v) is 11.1. The second-order valence-electron chi connectivity index (χ2n) is 11.1. The van der Waals surface area contributed by atoms with E-state index in [0.29, 0.717) is 6.07 Å². The van der Waals surface area contributed by atoms with Crippen LogP contribution in [-0.4, -0.2) is 41.2 Å². The first-order valence-electron chi connectivity index (χ1n) is 13.8. The molecule has 0 radical (unpaired) electrons. The Morgan fingerprint density at radius 3 is 2.44 bits per heavy atom. The minimum atomic E-state index is -4.95. The minimum Gasteiger partial charge on any atom is -0.366 e. The number of fused-ring (bicyclic) bond motifs is 1. The fourth-order valence-corrected chi connectivity index (χ4v) is 5.87. The fourth-order valence-electron chi connectivity index (χ4n) is 5.87. The monoisotopic (exact) mass is 633 g/mol. The summed E-state index contributed by atoms with van der Waals surface area (Å²) in [7, 11) is 0. The normalized spacial score (nSPS) is 20.7. The van der Waals surface area contributed by atoms with Crippen LogP contribution in [0.4, 0.5) is 30.7 Å². The van der Waals surface area contributed by atoms with Crippen molar-refractivity contribution in [3.8, 4) is 11.1 Å². The van der Waals surface area contributed by atoms with E-state index in [9.17, 15) is 35.9 Å². The zero-order valence-corrected chi connectivity index (χ0v) is 23.6. The molecule has 0 spiro atoms. The van der Waals surface area contributed by atoms with Crippen molar-refractivity contribution in [2.75, 3.05) is 6.54 Å². The maximum absolute atomic E-state index is 15.0. The number of nitrogens with zero attached hydrogens (tertiary/aromatic N) is 3. The SMILES string of the molecule is CC1=C(C(N=NCC(=O)N[C@@H](Cc2cc(F)cc(F)c2)c2ncccc2-c2ccc(F)c(C(N)=O)c2)C(F)(F)F)C2(F)CC2C1. The largest absolute Gasteiger partial charge is 0.416 e. The molecule has 0 bridgehead atoms. The van der Waals surface area contributed by atoms with Gasteiger partial charge in [0.05, 0.1) is 17.3 Å². The Morgan fingerprint density at radius 1 is 1.11 bits per heavy atom. The number of allylic oxidation sites excluding steroid dienone is 1. The molecule has 1 saturated carbocycles. The number of hydrogen-bond donors (Lipinski definition) is 2. The molecule has 3 unspecified atom stereocenters. The van der Waals surface area contributed by atoms with Crippen molar-refractivity contribution >= 4 is 11.8 Å². The summed E-state index contributed by atoms with van der Waals surface area (Å²) >= 11 is 0. The number of hydrogen-bond acceptors (Lipinski definition) is 5. The molecule has 5 rings (SSSR count). The zero-order valence-electron chi connectivity index (χ0n) is 23.6. The Hall–Kier alpha value is -4.62. The molecule has 1 aromatic heterocycles. The van der Waals surface area contributed by atoms with E-state index in [-0.39, 0.29) is 47.2 Å². The van der Waals surface area contributed by atoms with Crippen LogP contribution < -0.4 is 11.1 Å². The van der Waals surface area contributed by atoms with Gasteiger partial charge in [-0.15, -0.1) is 0 Å². The molecule has 236 valence electrons. The van der Waals surface area contributed by atoms with Gasteiger partial charge in [0, 0.05) is 29.3 Å². The number of nitrogens with one attached hydrogen (secondary N) is 1. The van der Waals surface area contributed by atoms with Gasteiger partial charge in [0.1, 0.15) is 29.7 Å². The average Bonchev–Trinajstić information content (AvgIpc) is 3.52. The predicted molar refractivity (Wildman–Crippen MR) is 148 cm³/mol. The first kappa shape index (κ1) is 31.8. The lowest BCUT2D eigenvalue weighted by Crippen LogP contribution is -2.34. The summed E-state index contributed by atoms with van der Waals surface area (Å²) in [6, 6.07) is 5.57. The van der Waals surface area contributed by atoms with Crippen LogP contribution in [0.3, 0.4) is 0 Å². The highest BCUT2D eigenvalue weighted by Crippen LogP contribution is 2.63. The molecule has 2 aliphatic rings. The van der Waals surface area contributed by atoms with Crippen molar-refractivity contribution in [3.63, 3.8) is 0 Å². The highest BCUT2D eigenvalue weighted by Gasteiger charge is 2.66. The number of halogens is 7. The quantitative estimate of drug-likeness (QED) is 0.151. The molecule has 45 heavy (non-hydrogen) atoms. The van der Waals surface area contributed by atoms with E-state index in [1.54, 1.807) is 0 Å². The molecule has 0 saturated heterocycles. The lowest BCUT2D eigenvalue weighted by atomic mass is 9.94. The van der Waals surface area contributed by atoms with Gasteiger partial charge in [-0.25, -0.2) is 17.6 Å². The highest BCUT2D eigenvalue weighted by molar-refractivity contribution is 5.94. The van der Waals surface area contributed by atoms with Crippen LogP contribution in [0.15, 0.2) is 76.1 Å². The van der Waals surface area contributed by atoms with E-state index in [4.69, 9.17) is 5.73 Å². The summed E-state index contributed by atoms with van der Waals surface area (Å²) in [5, 5.41) is 9.35. The first-order chi connectivity index (χ1) is 21.2. The molecule has 0 aliphatic heterocycles. The number of benzene rings is 2. The van der Waals surface area contributed by atoms with Gasteiger partial charge in [-0.1, -0.05) is 17.7 Å². The molecule has 2 aromatic carbocycles. The van der Waals surface area contributed by atoms with Gasteiger partial charge in [-0.05, 0) is 67.6 Å². The van der Waals surface area contributed by atoms with Crippen LogP contribution in [0.25, 0.3) is 11.1 Å². The van der Waals surface area contributed by atoms with E-state index in [1.165, 1.54) is 37.4 Å². The number of alkyl halides is 4. The molecule has 4 atom stereocenters. The third kappa shape index (κ3) is 6.74. The number of azo groups is 1. The smallest absolute Gasteiger partial charge is 0.366 e. The average molecular weight is 634 g/mol. The van der Waals surface area contributed by atoms with E-state index in [1.807, 2.05) is 0 Å². The molecule has 14 heteroatoms. The van der Waals surface area contributed by atoms with Crippen molar-refractivity contribution < 1.29 is 40.3 Å². The van der Waals surface area contributed by atoms with Crippen molar-refractivity contribution in [3.05, 3.63) is 100 Å². The lowest BCUT2D eigenvalue weighted by molar-refractivity contribution is -0.142. The number of aromatic nitrogens is 1. The van der Waals surface area contributed by atoms with E-state index in [0.717, 1.165) is 18.2 Å². The minimum absolute atomic E-state index is 0.0218. The number of carbonyl (C=O) groups excluding carboxylic acids is 2. The van der Waals surface area contributed by atoms with E-state index >= 15 is 4.39 Å². The number of pyridine rings is 1. The molecule has 3 N–H and O–H groups in total. The van der Waals surface area contributed by atoms with Gasteiger partial charge in [0.15, 0.2) is 6.04 Å². The van der Waals surface area contributed by atoms with Gasteiger partial charge in [0.25, 0.3) is 5.91 Å². The van der Waals surface area contributed by atoms with Crippen LogP contribution in [0.5, 0.6) is 0 Å². The number of amides is 2. The molecular formula is C31H26F7N5O2. The van der Waals surface area contributed by atoms with Gasteiger partial charge < -0.3 is 11.1 Å². The number of primary amides is 1. The summed E-state index contributed by atoms with van der Waals surface area (Å²) in [6.07, 6.45) is -3.66. The summed E-state index contributed by atoms with van der Waals surface area (Å²) in [5.41, 5.74) is 3.33. The molecule has 2 aliphatic carbocycles. The maximum atomic E-state index is 15.0. The Morgan fingerprint density at radius 2 is 1.82 bits per heavy atom. The molecule has 3 aromatic rings. The Kier molecular flexibility index (Phi) is 8.51. The third-order valence-corrected chi connectivity index (χ3v) is 7.89. The van der Waals surface area contributed by atoms with Crippen molar-refractivity contribution in [2.45, 2.75) is 50.1 Å². The van der Waals surface area contributed by atoms with Gasteiger partial charge in [-0.3, -0.25) is 14.6 Å². The topological polar surface area (TPSA) is 110 Å². The van der Waals surface area contributed by atoms with Crippen LogP contribution in [0.2, 0.25) is 0 Å². The lowest BCUT2D eigenvalue weighted by Gasteiger charge is -2.22. The van der Waals surface area contributed by atoms with Gasteiger partial charge >= 0.3 is 6.18 Å². The van der Waals surface area contributed by atoms with E-state index in [2.05, 4.69) is 20.5 Å². The number of nitrogens with two attached hydrogens (primary N) is 1. The van der Waals surface area contributed by atoms with Crippen molar-refractivity contribution in [2.24, 2.45) is 21.9 Å². The highest BCUT2D eigenvalue weighted by atomic mass is 19.4. The summed E-state index contributed by atoms with van der Waals surface area (Å²) < 4.78 is 99.0. The van der Waals surface area contributed by atoms with E-state index < -0.39 is 76.8 Å². The fraction of sp³-hybridized carbons (Fsp3) is 0.323. The Bertz CT molecular complexity index is 1700. The van der Waals surface area contributed by atoms with Crippen molar-refractivity contribution in [1.82, 2.24) is 10.3 Å². The summed E-state index contributed by atoms with van der Waals surface area (Å²) in [5.74, 6) is -5.15. The standard InChI is InChI=1S/C31H26F7N5O2/c1-15-7-18-13-30(18,35)26(15)28(31(36,37)38)43-41-14-25(44)42-24(10-16-8-19(32)12-20(33)9-16)27-21(3-2-6-40-27)17-4-5-23(34)22(11-17)29(39)45/h2-6,8-9,11-12,18,24,28H,7,10,13-14H2,1H3,(H2,39,45)(H,42,44)/t18?,24-,28?,30?/m0/s1. The number of carbonyl (C=O) groups is 2. The summed E-state index contributed by atoms with van der Waals surface area (Å²) in [6.45, 7) is 0.530. The van der Waals surface area contributed by atoms with Crippen LogP contribution in [0, 0.1) is 23.4 Å². The third-order valence-electron chi connectivity index (χ3n) is 7.89. The van der Waals surface area contributed by atoms with Crippen LogP contribution in [0.1, 0.15) is 47.4 Å². The summed E-state index contributed by atoms with van der Waals surface area (Å²) in [4.78, 5) is 29.1. The molecule has 1 fully saturated rings. The maximum Gasteiger partial charge on any atom is 0.416 e. The second kappa shape index (κ2) is 12.1. The van der Waals surface area contributed by atoms with Gasteiger partial charge in [-0.2, -0.15) is 23.4 Å². The van der Waals surface area contributed by atoms with Gasteiger partial charge in [0.2, 0.25) is 5.91 Å². The first-order valence-corrected chi connectivity index (χ1v) is 13.8. The Balaban J connectivity index is 1.44. The number of rotatable bonds is 10. The predicted octanol–water partition coefficient (Wildman–Crippen LogP) is 6.50.